The van der Waals surface area contributed by atoms with Gasteiger partial charge in [0.25, 0.3) is 11.8 Å². The summed E-state index contributed by atoms with van der Waals surface area (Å²) in [6.07, 6.45) is 18.6. The van der Waals surface area contributed by atoms with Crippen molar-refractivity contribution in [3.63, 3.8) is 0 Å². The van der Waals surface area contributed by atoms with Crippen molar-refractivity contribution < 1.29 is 24.0 Å². The van der Waals surface area contributed by atoms with E-state index >= 15 is 0 Å². The summed E-state index contributed by atoms with van der Waals surface area (Å²) < 4.78 is 0. The zero-order chi connectivity index (χ0) is 43.3. The summed E-state index contributed by atoms with van der Waals surface area (Å²) in [5, 5.41) is 9.52. The number of amides is 5. The topological polar surface area (TPSA) is 128 Å². The molecule has 7 atom stereocenters. The van der Waals surface area contributed by atoms with E-state index in [-0.39, 0.29) is 72.5 Å². The van der Waals surface area contributed by atoms with Gasteiger partial charge in [0.2, 0.25) is 17.7 Å². The highest BCUT2D eigenvalue weighted by atomic mass is 16.2. The van der Waals surface area contributed by atoms with Crippen molar-refractivity contribution in [2.75, 3.05) is 32.7 Å². The van der Waals surface area contributed by atoms with Gasteiger partial charge in [-0.1, -0.05) is 138 Å². The molecule has 62 heavy (non-hydrogen) atoms. The molecule has 5 amide bonds. The molecule has 3 aromatic rings. The number of nitrogens with zero attached hydrogens (tertiary/aromatic N) is 2. The van der Waals surface area contributed by atoms with Crippen molar-refractivity contribution in [2.45, 2.75) is 134 Å². The van der Waals surface area contributed by atoms with Gasteiger partial charge in [0.1, 0.15) is 0 Å². The van der Waals surface area contributed by atoms with Gasteiger partial charge in [0.05, 0.1) is 17.8 Å². The molecule has 2 heterocycles. The van der Waals surface area contributed by atoms with Gasteiger partial charge < -0.3 is 25.8 Å². The first-order valence-electron chi connectivity index (χ1n) is 24.0. The maximum atomic E-state index is 14.0. The SMILES string of the molecule is CCCCCCCCCCCCCCNC(=O)[C@H]1CCCN(C(=O)c2ccc(C(=O)N3CC(C(=O)N[C@H]4C[C@@H]4c4ccccc4)C(C(=O)N[C@H]4C[C@@H]4c4ccccc4)C3)cc2)C1. The second-order valence-electron chi connectivity index (χ2n) is 18.5. The van der Waals surface area contributed by atoms with Crippen LogP contribution in [-0.4, -0.2) is 84.1 Å². The van der Waals surface area contributed by atoms with E-state index in [9.17, 15) is 24.0 Å². The van der Waals surface area contributed by atoms with Crippen LogP contribution in [0.1, 0.15) is 153 Å². The van der Waals surface area contributed by atoms with Crippen LogP contribution in [0.3, 0.4) is 0 Å². The number of carbonyl (C=O) groups excluding carboxylic acids is 5. The molecule has 4 fully saturated rings. The quantitative estimate of drug-likeness (QED) is 0.0877. The van der Waals surface area contributed by atoms with Gasteiger partial charge in [-0.05, 0) is 67.5 Å². The summed E-state index contributed by atoms with van der Waals surface area (Å²) in [5.41, 5.74) is 3.23. The maximum absolute atomic E-state index is 14.0. The van der Waals surface area contributed by atoms with Crippen LogP contribution in [0.4, 0.5) is 0 Å². The second-order valence-corrected chi connectivity index (χ2v) is 18.5. The van der Waals surface area contributed by atoms with E-state index in [0.717, 1.165) is 38.5 Å². The molecule has 3 aromatic carbocycles. The van der Waals surface area contributed by atoms with Crippen LogP contribution in [0, 0.1) is 17.8 Å². The van der Waals surface area contributed by atoms with Crippen LogP contribution in [0.2, 0.25) is 0 Å². The highest BCUT2D eigenvalue weighted by Crippen LogP contribution is 2.42. The van der Waals surface area contributed by atoms with Crippen LogP contribution in [0.25, 0.3) is 0 Å². The molecule has 10 nitrogen and oxygen atoms in total. The molecule has 2 saturated carbocycles. The van der Waals surface area contributed by atoms with Gasteiger partial charge >= 0.3 is 0 Å². The minimum Gasteiger partial charge on any atom is -0.356 e. The minimum absolute atomic E-state index is 0.00275. The van der Waals surface area contributed by atoms with Crippen LogP contribution < -0.4 is 16.0 Å². The summed E-state index contributed by atoms with van der Waals surface area (Å²) in [4.78, 5) is 71.8. The Morgan fingerprint density at radius 2 is 0.984 bits per heavy atom. The predicted octanol–water partition coefficient (Wildman–Crippen LogP) is 8.39. The zero-order valence-corrected chi connectivity index (χ0v) is 36.9. The molecular formula is C52H69N5O5. The number of likely N-dealkylation sites (tertiary alicyclic amines) is 2. The Morgan fingerprint density at radius 1 is 0.532 bits per heavy atom. The summed E-state index contributed by atoms with van der Waals surface area (Å²) in [7, 11) is 0. The molecular weight excluding hydrogens is 775 g/mol. The molecule has 2 saturated heterocycles. The highest BCUT2D eigenvalue weighted by Gasteiger charge is 2.49. The van der Waals surface area contributed by atoms with E-state index in [1.807, 2.05) is 36.4 Å². The number of unbranched alkanes of at least 4 members (excludes halogenated alkanes) is 11. The van der Waals surface area contributed by atoms with Crippen molar-refractivity contribution in [3.8, 4) is 0 Å². The summed E-state index contributed by atoms with van der Waals surface area (Å²) >= 11 is 0. The molecule has 4 aliphatic rings. The number of hydrogen-bond donors (Lipinski definition) is 3. The Labute approximate surface area is 369 Å². The lowest BCUT2D eigenvalue weighted by Crippen LogP contribution is -2.45. The van der Waals surface area contributed by atoms with E-state index < -0.39 is 11.8 Å². The number of nitrogens with one attached hydrogen (secondary N) is 3. The monoisotopic (exact) mass is 844 g/mol. The van der Waals surface area contributed by atoms with Crippen molar-refractivity contribution >= 4 is 29.5 Å². The van der Waals surface area contributed by atoms with Crippen LogP contribution in [-0.2, 0) is 14.4 Å². The predicted molar refractivity (Wildman–Crippen MR) is 244 cm³/mol. The van der Waals surface area contributed by atoms with Gasteiger partial charge in [-0.15, -0.1) is 0 Å². The number of piperidine rings is 1. The Kier molecular flexibility index (Phi) is 16.3. The molecule has 332 valence electrons. The molecule has 0 spiro atoms. The first-order valence-corrected chi connectivity index (χ1v) is 24.0. The molecule has 0 bridgehead atoms. The van der Waals surface area contributed by atoms with E-state index in [1.54, 1.807) is 34.1 Å². The molecule has 10 heteroatoms. The number of benzene rings is 3. The molecule has 2 unspecified atom stereocenters. The maximum Gasteiger partial charge on any atom is 0.253 e. The van der Waals surface area contributed by atoms with Crippen molar-refractivity contribution in [2.24, 2.45) is 17.8 Å². The summed E-state index contributed by atoms with van der Waals surface area (Å²) in [5.74, 6) is -1.90. The smallest absolute Gasteiger partial charge is 0.253 e. The molecule has 0 radical (unpaired) electrons. The summed E-state index contributed by atoms with van der Waals surface area (Å²) in [6, 6.07) is 26.9. The third-order valence-corrected chi connectivity index (χ3v) is 13.8. The largest absolute Gasteiger partial charge is 0.356 e. The van der Waals surface area contributed by atoms with Gasteiger partial charge in [0, 0.05) is 67.8 Å². The van der Waals surface area contributed by atoms with Crippen molar-refractivity contribution in [1.82, 2.24) is 25.8 Å². The molecule has 0 aromatic heterocycles. The number of carbonyl (C=O) groups is 5. The first kappa shape index (κ1) is 45.0. The van der Waals surface area contributed by atoms with E-state index in [0.29, 0.717) is 30.8 Å². The lowest BCUT2D eigenvalue weighted by Gasteiger charge is -2.32. The van der Waals surface area contributed by atoms with Gasteiger partial charge in [-0.25, -0.2) is 0 Å². The normalized spacial score (nSPS) is 24.0. The van der Waals surface area contributed by atoms with Gasteiger partial charge in [-0.3, -0.25) is 24.0 Å². The molecule has 3 N–H and O–H groups in total. The molecule has 2 aliphatic carbocycles. The Hall–Kier alpha value is -4.99. The Balaban J connectivity index is 0.875. The Morgan fingerprint density at radius 3 is 1.47 bits per heavy atom. The minimum atomic E-state index is -0.681. The third-order valence-electron chi connectivity index (χ3n) is 13.8. The van der Waals surface area contributed by atoms with Crippen LogP contribution in [0.15, 0.2) is 84.9 Å². The highest BCUT2D eigenvalue weighted by molar-refractivity contribution is 5.99. The average Bonchev–Trinajstić information content (AvgIpc) is 4.22. The Bertz CT molecular complexity index is 1860. The number of rotatable bonds is 22. The summed E-state index contributed by atoms with van der Waals surface area (Å²) in [6.45, 7) is 4.17. The van der Waals surface area contributed by atoms with Gasteiger partial charge in [0.15, 0.2) is 0 Å². The lowest BCUT2D eigenvalue weighted by atomic mass is 9.94. The van der Waals surface area contributed by atoms with Crippen LogP contribution in [0.5, 0.6) is 0 Å². The fourth-order valence-corrected chi connectivity index (χ4v) is 9.74. The molecule has 7 rings (SSSR count). The first-order chi connectivity index (χ1) is 30.3. The van der Waals surface area contributed by atoms with E-state index in [1.165, 1.54) is 75.3 Å². The third kappa shape index (κ3) is 12.3. The average molecular weight is 844 g/mol. The molecule has 2 aliphatic heterocycles. The second kappa shape index (κ2) is 22.4. The van der Waals surface area contributed by atoms with Crippen LogP contribution >= 0.6 is 0 Å². The van der Waals surface area contributed by atoms with E-state index in [2.05, 4.69) is 47.1 Å². The fraction of sp³-hybridized carbons (Fsp3) is 0.558. The van der Waals surface area contributed by atoms with Crippen molar-refractivity contribution in [1.29, 1.82) is 0 Å². The zero-order valence-electron chi connectivity index (χ0n) is 36.9. The fourth-order valence-electron chi connectivity index (χ4n) is 9.74. The lowest BCUT2D eigenvalue weighted by molar-refractivity contribution is -0.133. The standard InChI is InChI=1S/C52H69N5O5/c1-2-3-4-5-6-7-8-9-10-11-12-19-30-53-48(58)41-25-20-31-56(34-41)51(61)39-26-28-40(29-27-39)52(62)57-35-44(49(59)54-46-32-42(46)37-21-15-13-16-22-37)45(36-57)50(60)55-47-33-43(47)38-23-17-14-18-24-38/h13-18,21-24,26-29,41-47H,2-12,19-20,25,30-36H2,1H3,(H,53,58)(H,54,59)(H,55,60)/t41-,42+,43+,44?,45?,46-,47-/m0/s1. The van der Waals surface area contributed by atoms with Gasteiger partial charge in [-0.2, -0.15) is 0 Å². The van der Waals surface area contributed by atoms with E-state index in [4.69, 9.17) is 0 Å². The number of hydrogen-bond acceptors (Lipinski definition) is 5. The van der Waals surface area contributed by atoms with Crippen molar-refractivity contribution in [3.05, 3.63) is 107 Å².